The summed E-state index contributed by atoms with van der Waals surface area (Å²) in [4.78, 5) is 12.7. The number of thioether (sulfide) groups is 1. The molecule has 0 bridgehead atoms. The van der Waals surface area contributed by atoms with Crippen LogP contribution in [0.1, 0.15) is 41.1 Å². The van der Waals surface area contributed by atoms with Gasteiger partial charge in [0.05, 0.1) is 25.4 Å². The summed E-state index contributed by atoms with van der Waals surface area (Å²) in [5.74, 6) is 2.84. The van der Waals surface area contributed by atoms with Crippen molar-refractivity contribution in [3.05, 3.63) is 150 Å². The van der Waals surface area contributed by atoms with Gasteiger partial charge in [0.1, 0.15) is 11.5 Å². The van der Waals surface area contributed by atoms with Gasteiger partial charge in [-0.15, -0.1) is 0 Å². The van der Waals surface area contributed by atoms with Crippen molar-refractivity contribution in [3.8, 4) is 22.6 Å². The second kappa shape index (κ2) is 17.1. The van der Waals surface area contributed by atoms with E-state index in [1.165, 1.54) is 0 Å². The minimum Gasteiger partial charge on any atom is -0.457 e. The number of amides is 2. The zero-order valence-corrected chi connectivity index (χ0v) is 27.9. The van der Waals surface area contributed by atoms with Gasteiger partial charge in [0.2, 0.25) is 0 Å². The normalized spacial score (nSPS) is 17.3. The lowest BCUT2D eigenvalue weighted by molar-refractivity contribution is -0.245. The van der Waals surface area contributed by atoms with Crippen molar-refractivity contribution in [2.45, 2.75) is 38.1 Å². The molecule has 6 rings (SSSR count). The number of hydrogen-bond donors (Lipinski definition) is 4. The monoisotopic (exact) mass is 676 g/mol. The van der Waals surface area contributed by atoms with Gasteiger partial charge in [0.25, 0.3) is 0 Å². The molecule has 0 spiro atoms. The molecule has 4 N–H and O–H groups in total. The van der Waals surface area contributed by atoms with Gasteiger partial charge in [-0.2, -0.15) is 11.8 Å². The molecule has 1 aliphatic heterocycles. The molecule has 8 nitrogen and oxygen atoms in total. The number of benzene rings is 5. The van der Waals surface area contributed by atoms with Crippen LogP contribution < -0.4 is 15.4 Å². The molecule has 49 heavy (non-hydrogen) atoms. The molecule has 0 saturated carbocycles. The van der Waals surface area contributed by atoms with Gasteiger partial charge in [-0.05, 0) is 76.3 Å². The molecule has 252 valence electrons. The first-order valence-corrected chi connectivity index (χ1v) is 17.5. The van der Waals surface area contributed by atoms with Gasteiger partial charge < -0.3 is 35.1 Å². The van der Waals surface area contributed by atoms with E-state index in [9.17, 15) is 15.0 Å². The summed E-state index contributed by atoms with van der Waals surface area (Å²) < 4.78 is 18.8. The number of urea groups is 1. The van der Waals surface area contributed by atoms with Crippen molar-refractivity contribution in [3.63, 3.8) is 0 Å². The first-order chi connectivity index (χ1) is 24.1. The largest absolute Gasteiger partial charge is 0.457 e. The molecule has 9 heteroatoms. The van der Waals surface area contributed by atoms with Crippen LogP contribution in [-0.2, 0) is 22.6 Å². The fourth-order valence-corrected chi connectivity index (χ4v) is 6.39. The first-order valence-electron chi connectivity index (χ1n) is 16.3. The van der Waals surface area contributed by atoms with Crippen LogP contribution in [0.5, 0.6) is 11.5 Å². The zero-order valence-electron chi connectivity index (χ0n) is 27.0. The summed E-state index contributed by atoms with van der Waals surface area (Å²) in [6, 6.07) is 40.6. The highest BCUT2D eigenvalue weighted by atomic mass is 32.2. The number of ether oxygens (including phenoxy) is 3. The standard InChI is InChI=1S/C40H40N2O6S/c43-20-21-49-27-37-24-38(30-14-12-28(26-44)13-15-30)48-39(47-37)33-9-5-8-32(23-33)31-7-4-6-29(22-31)25-41-40(45)42-34-16-18-36(19-17-34)46-35-10-2-1-3-11-35/h1-19,22-23,37-39,43-44H,20-21,24-27H2,(H2,41,42,45)/t37-,38+,39+/m1/s1. The molecule has 0 unspecified atom stereocenters. The average Bonchev–Trinajstić information content (AvgIpc) is 3.15. The summed E-state index contributed by atoms with van der Waals surface area (Å²) in [7, 11) is 0. The van der Waals surface area contributed by atoms with Crippen LogP contribution in [0.3, 0.4) is 0 Å². The smallest absolute Gasteiger partial charge is 0.319 e. The third kappa shape index (κ3) is 9.72. The Kier molecular flexibility index (Phi) is 12.0. The Bertz CT molecular complexity index is 1790. The fourth-order valence-electron chi connectivity index (χ4n) is 5.62. The van der Waals surface area contributed by atoms with Crippen LogP contribution in [0.15, 0.2) is 127 Å². The van der Waals surface area contributed by atoms with E-state index in [2.05, 4.69) is 28.8 Å². The predicted octanol–water partition coefficient (Wildman–Crippen LogP) is 8.23. The van der Waals surface area contributed by atoms with Gasteiger partial charge in [0, 0.05) is 35.7 Å². The van der Waals surface area contributed by atoms with Gasteiger partial charge in [0.15, 0.2) is 6.29 Å². The lowest BCUT2D eigenvalue weighted by Gasteiger charge is -2.36. The minimum atomic E-state index is -0.566. The quantitative estimate of drug-likeness (QED) is 0.0931. The van der Waals surface area contributed by atoms with Crippen molar-refractivity contribution in [1.82, 2.24) is 5.32 Å². The van der Waals surface area contributed by atoms with Crippen LogP contribution in [0.25, 0.3) is 11.1 Å². The maximum atomic E-state index is 12.7. The Balaban J connectivity index is 1.09. The summed E-state index contributed by atoms with van der Waals surface area (Å²) in [6.07, 6.45) is -0.0917. The second-order valence-corrected chi connectivity index (χ2v) is 12.9. The molecule has 0 aliphatic carbocycles. The Labute approximate surface area is 291 Å². The van der Waals surface area contributed by atoms with Crippen molar-refractivity contribution in [1.29, 1.82) is 0 Å². The number of para-hydroxylation sites is 1. The van der Waals surface area contributed by atoms with Gasteiger partial charge >= 0.3 is 6.03 Å². The number of anilines is 1. The maximum Gasteiger partial charge on any atom is 0.319 e. The van der Waals surface area contributed by atoms with E-state index in [1.54, 1.807) is 23.9 Å². The van der Waals surface area contributed by atoms with E-state index in [0.29, 0.717) is 30.2 Å². The fraction of sp³-hybridized carbons (Fsp3) is 0.225. The molecule has 0 radical (unpaired) electrons. The minimum absolute atomic E-state index is 0.00427. The lowest BCUT2D eigenvalue weighted by Crippen LogP contribution is -2.31. The summed E-state index contributed by atoms with van der Waals surface area (Å²) in [5, 5.41) is 24.6. The van der Waals surface area contributed by atoms with Crippen molar-refractivity contribution in [2.24, 2.45) is 0 Å². The summed E-state index contributed by atoms with van der Waals surface area (Å²) in [5.41, 5.74) is 6.45. The van der Waals surface area contributed by atoms with Crippen LogP contribution >= 0.6 is 11.8 Å². The number of carbonyl (C=O) groups is 1. The van der Waals surface area contributed by atoms with Crippen molar-refractivity contribution < 1.29 is 29.2 Å². The predicted molar refractivity (Wildman–Crippen MR) is 194 cm³/mol. The molecule has 1 aliphatic rings. The van der Waals surface area contributed by atoms with Gasteiger partial charge in [-0.3, -0.25) is 0 Å². The Morgan fingerprint density at radius 1 is 0.755 bits per heavy atom. The van der Waals surface area contributed by atoms with E-state index < -0.39 is 6.29 Å². The Hall–Kier alpha value is -4.64. The molecule has 3 atom stereocenters. The number of aliphatic hydroxyl groups is 2. The number of carbonyl (C=O) groups excluding carboxylic acids is 1. The SMILES string of the molecule is O=C(NCc1cccc(-c2cccc([C@H]3O[C@@H](CSCCO)C[C@@H](c4ccc(CO)cc4)O3)c2)c1)Nc1ccc(Oc2ccccc2)cc1. The molecule has 5 aromatic rings. The van der Waals surface area contributed by atoms with Crippen LogP contribution in [0, 0.1) is 0 Å². The topological polar surface area (TPSA) is 109 Å². The first kappa shape index (κ1) is 34.2. The third-order valence-electron chi connectivity index (χ3n) is 8.12. The van der Waals surface area contributed by atoms with E-state index >= 15 is 0 Å². The van der Waals surface area contributed by atoms with Crippen molar-refractivity contribution >= 4 is 23.5 Å². The molecular formula is C40H40N2O6S. The molecule has 0 aromatic heterocycles. The number of hydrogen-bond acceptors (Lipinski definition) is 7. The highest BCUT2D eigenvalue weighted by Gasteiger charge is 2.32. The van der Waals surface area contributed by atoms with E-state index in [0.717, 1.165) is 44.9 Å². The second-order valence-electron chi connectivity index (χ2n) is 11.7. The van der Waals surface area contributed by atoms with E-state index in [4.69, 9.17) is 14.2 Å². The van der Waals surface area contributed by atoms with Crippen LogP contribution in [-0.4, -0.2) is 40.5 Å². The van der Waals surface area contributed by atoms with Gasteiger partial charge in [-0.1, -0.05) is 78.9 Å². The molecule has 1 saturated heterocycles. The highest BCUT2D eigenvalue weighted by molar-refractivity contribution is 7.99. The van der Waals surface area contributed by atoms with Crippen molar-refractivity contribution in [2.75, 3.05) is 23.4 Å². The molecule has 5 aromatic carbocycles. The Morgan fingerprint density at radius 2 is 1.49 bits per heavy atom. The average molecular weight is 677 g/mol. The molecular weight excluding hydrogens is 637 g/mol. The number of nitrogens with one attached hydrogen (secondary N) is 2. The molecule has 1 fully saturated rings. The lowest BCUT2D eigenvalue weighted by atomic mass is 9.99. The highest BCUT2D eigenvalue weighted by Crippen LogP contribution is 2.39. The van der Waals surface area contributed by atoms with Gasteiger partial charge in [-0.25, -0.2) is 4.79 Å². The Morgan fingerprint density at radius 3 is 2.24 bits per heavy atom. The van der Waals surface area contributed by atoms with Crippen LogP contribution in [0.2, 0.25) is 0 Å². The van der Waals surface area contributed by atoms with E-state index in [1.807, 2.05) is 97.1 Å². The third-order valence-corrected chi connectivity index (χ3v) is 9.20. The summed E-state index contributed by atoms with van der Waals surface area (Å²) >= 11 is 1.67. The number of rotatable bonds is 13. The maximum absolute atomic E-state index is 12.7. The van der Waals surface area contributed by atoms with Crippen LogP contribution in [0.4, 0.5) is 10.5 Å². The number of aliphatic hydroxyl groups excluding tert-OH is 2. The summed E-state index contributed by atoms with van der Waals surface area (Å²) in [6.45, 7) is 0.479. The zero-order chi connectivity index (χ0) is 33.8. The van der Waals surface area contributed by atoms with E-state index in [-0.39, 0.29) is 31.5 Å². The molecule has 1 heterocycles. The molecule has 2 amide bonds.